The van der Waals surface area contributed by atoms with Crippen LogP contribution in [0.15, 0.2) is 42.7 Å². The molecule has 8 nitrogen and oxygen atoms in total. The van der Waals surface area contributed by atoms with E-state index in [-0.39, 0.29) is 64.9 Å². The lowest BCUT2D eigenvalue weighted by Crippen LogP contribution is -2.60. The van der Waals surface area contributed by atoms with Crippen molar-refractivity contribution in [2.45, 2.75) is 36.8 Å². The smallest absolute Gasteiger partial charge is 0.261 e. The summed E-state index contributed by atoms with van der Waals surface area (Å²) in [5, 5.41) is 12.8. The van der Waals surface area contributed by atoms with E-state index < -0.39 is 34.4 Å². The lowest BCUT2D eigenvalue weighted by Gasteiger charge is -2.43. The molecule has 1 saturated carbocycles. The SMILES string of the molecule is C[C@]1(c2cccc(Cl)c2F)CN(c2ncccc2F)C(=O)c2cnc(NC3CN(C(=O)C4(O)CC4)C3)c(F)c21. The van der Waals surface area contributed by atoms with E-state index in [0.29, 0.717) is 12.8 Å². The lowest BCUT2D eigenvalue weighted by molar-refractivity contribution is -0.146. The number of pyridine rings is 2. The number of nitrogens with one attached hydrogen (secondary N) is 1. The first-order valence-corrected chi connectivity index (χ1v) is 12.8. The average molecular weight is 558 g/mol. The van der Waals surface area contributed by atoms with Crippen LogP contribution >= 0.6 is 11.6 Å². The van der Waals surface area contributed by atoms with Gasteiger partial charge in [-0.2, -0.15) is 0 Å². The van der Waals surface area contributed by atoms with Crippen molar-refractivity contribution in [1.29, 1.82) is 0 Å². The van der Waals surface area contributed by atoms with Crippen molar-refractivity contribution in [3.8, 4) is 0 Å². The van der Waals surface area contributed by atoms with Gasteiger partial charge in [0.2, 0.25) is 0 Å². The maximum Gasteiger partial charge on any atom is 0.261 e. The molecule has 202 valence electrons. The van der Waals surface area contributed by atoms with Gasteiger partial charge in [0, 0.05) is 48.6 Å². The largest absolute Gasteiger partial charge is 0.380 e. The molecule has 0 unspecified atom stereocenters. The number of halogens is 4. The Balaban J connectivity index is 1.40. The second-order valence-electron chi connectivity index (χ2n) is 10.4. The monoisotopic (exact) mass is 557 g/mol. The first-order valence-electron chi connectivity index (χ1n) is 12.4. The minimum atomic E-state index is -1.51. The molecule has 6 rings (SSSR count). The summed E-state index contributed by atoms with van der Waals surface area (Å²) in [6.45, 7) is 1.71. The first kappa shape index (κ1) is 25.6. The summed E-state index contributed by atoms with van der Waals surface area (Å²) < 4.78 is 46.4. The minimum absolute atomic E-state index is 0.0132. The summed E-state index contributed by atoms with van der Waals surface area (Å²) in [4.78, 5) is 36.5. The number of aliphatic hydroxyl groups is 1. The summed E-state index contributed by atoms with van der Waals surface area (Å²) >= 11 is 6.08. The molecular weight excluding hydrogens is 535 g/mol. The van der Waals surface area contributed by atoms with Crippen molar-refractivity contribution in [1.82, 2.24) is 14.9 Å². The number of carbonyl (C=O) groups is 2. The third kappa shape index (κ3) is 4.02. The number of hydrogen-bond acceptors (Lipinski definition) is 6. The molecule has 2 fully saturated rings. The van der Waals surface area contributed by atoms with Crippen molar-refractivity contribution in [3.63, 3.8) is 0 Å². The molecule has 1 aromatic carbocycles. The summed E-state index contributed by atoms with van der Waals surface area (Å²) in [5.41, 5.74) is -3.07. The maximum atomic E-state index is 16.3. The predicted octanol–water partition coefficient (Wildman–Crippen LogP) is 3.66. The van der Waals surface area contributed by atoms with Crippen molar-refractivity contribution in [2.75, 3.05) is 29.9 Å². The molecule has 0 radical (unpaired) electrons. The molecule has 1 saturated heterocycles. The van der Waals surface area contributed by atoms with Gasteiger partial charge >= 0.3 is 0 Å². The summed E-state index contributed by atoms with van der Waals surface area (Å²) in [7, 11) is 0. The topological polar surface area (TPSA) is 98.7 Å². The van der Waals surface area contributed by atoms with Crippen LogP contribution in [0.5, 0.6) is 0 Å². The summed E-state index contributed by atoms with van der Waals surface area (Å²) in [6.07, 6.45) is 3.34. The molecule has 2 N–H and O–H groups in total. The van der Waals surface area contributed by atoms with Crippen LogP contribution in [0, 0.1) is 17.5 Å². The molecular formula is C27H23ClF3N5O3. The van der Waals surface area contributed by atoms with E-state index in [1.54, 1.807) is 6.92 Å². The number of aromatic nitrogens is 2. The zero-order valence-corrected chi connectivity index (χ0v) is 21.5. The van der Waals surface area contributed by atoms with Crippen LogP contribution in [0.1, 0.15) is 41.3 Å². The summed E-state index contributed by atoms with van der Waals surface area (Å²) in [6, 6.07) is 6.48. The van der Waals surface area contributed by atoms with Crippen LogP contribution in [0.4, 0.5) is 24.8 Å². The Morgan fingerprint density at radius 2 is 1.87 bits per heavy atom. The molecule has 2 amide bonds. The Labute approximate surface area is 226 Å². The highest BCUT2D eigenvalue weighted by atomic mass is 35.5. The number of likely N-dealkylation sites (tertiary alicyclic amines) is 1. The van der Waals surface area contributed by atoms with Gasteiger partial charge in [-0.05, 0) is 38.0 Å². The fourth-order valence-corrected chi connectivity index (χ4v) is 5.53. The average Bonchev–Trinajstić information content (AvgIpc) is 3.64. The van der Waals surface area contributed by atoms with Gasteiger partial charge in [-0.1, -0.05) is 23.7 Å². The molecule has 3 aliphatic rings. The zero-order chi connectivity index (χ0) is 27.7. The van der Waals surface area contributed by atoms with Gasteiger partial charge in [0.05, 0.1) is 16.6 Å². The van der Waals surface area contributed by atoms with E-state index >= 15 is 8.78 Å². The number of amides is 2. The Morgan fingerprint density at radius 3 is 2.56 bits per heavy atom. The van der Waals surface area contributed by atoms with Gasteiger partial charge in [-0.15, -0.1) is 0 Å². The van der Waals surface area contributed by atoms with Gasteiger partial charge in [-0.25, -0.2) is 23.1 Å². The number of nitrogens with zero attached hydrogens (tertiary/aromatic N) is 4. The molecule has 0 bridgehead atoms. The van der Waals surface area contributed by atoms with Gasteiger partial charge in [-0.3, -0.25) is 14.5 Å². The van der Waals surface area contributed by atoms with Gasteiger partial charge in [0.15, 0.2) is 23.3 Å². The number of anilines is 2. The van der Waals surface area contributed by atoms with Crippen LogP contribution in [0.3, 0.4) is 0 Å². The highest BCUT2D eigenvalue weighted by Gasteiger charge is 2.52. The third-order valence-electron chi connectivity index (χ3n) is 7.69. The van der Waals surface area contributed by atoms with Crippen molar-refractivity contribution < 1.29 is 27.9 Å². The molecule has 1 aliphatic carbocycles. The van der Waals surface area contributed by atoms with Gasteiger partial charge in [0.25, 0.3) is 11.8 Å². The number of rotatable bonds is 5. The van der Waals surface area contributed by atoms with Gasteiger partial charge in [0.1, 0.15) is 11.4 Å². The van der Waals surface area contributed by atoms with Gasteiger partial charge < -0.3 is 15.3 Å². The maximum absolute atomic E-state index is 16.3. The lowest BCUT2D eigenvalue weighted by atomic mass is 9.71. The number of carbonyl (C=O) groups excluding carboxylic acids is 2. The Kier molecular flexibility index (Phi) is 5.85. The zero-order valence-electron chi connectivity index (χ0n) is 20.7. The Bertz CT molecular complexity index is 1530. The van der Waals surface area contributed by atoms with Crippen molar-refractivity contribution in [2.24, 2.45) is 0 Å². The fraction of sp³-hybridized carbons (Fsp3) is 0.333. The highest BCUT2D eigenvalue weighted by molar-refractivity contribution is 6.30. The molecule has 1 atom stereocenters. The third-order valence-corrected chi connectivity index (χ3v) is 7.99. The number of fused-ring (bicyclic) bond motifs is 1. The normalized spacial score (nSPS) is 21.8. The predicted molar refractivity (Wildman–Crippen MR) is 136 cm³/mol. The van der Waals surface area contributed by atoms with Crippen LogP contribution in [0.2, 0.25) is 5.02 Å². The molecule has 2 aliphatic heterocycles. The molecule has 4 heterocycles. The molecule has 12 heteroatoms. The molecule has 39 heavy (non-hydrogen) atoms. The van der Waals surface area contributed by atoms with Crippen LogP contribution in [0.25, 0.3) is 0 Å². The molecule has 0 spiro atoms. The van der Waals surface area contributed by atoms with Crippen LogP contribution < -0.4 is 10.2 Å². The Hall–Kier alpha value is -3.70. The van der Waals surface area contributed by atoms with E-state index in [1.165, 1.54) is 41.6 Å². The minimum Gasteiger partial charge on any atom is -0.380 e. The quantitative estimate of drug-likeness (QED) is 0.497. The van der Waals surface area contributed by atoms with Crippen LogP contribution in [-0.4, -0.2) is 63.1 Å². The van der Waals surface area contributed by atoms with Crippen LogP contribution in [-0.2, 0) is 10.2 Å². The molecule has 3 aromatic rings. The molecule has 2 aromatic heterocycles. The fourth-order valence-electron chi connectivity index (χ4n) is 5.35. The van der Waals surface area contributed by atoms with E-state index in [1.807, 2.05) is 0 Å². The van der Waals surface area contributed by atoms with E-state index in [2.05, 4.69) is 15.3 Å². The number of hydrogen-bond donors (Lipinski definition) is 2. The Morgan fingerprint density at radius 1 is 1.13 bits per heavy atom. The number of benzene rings is 1. The highest BCUT2D eigenvalue weighted by Crippen LogP contribution is 2.45. The second-order valence-corrected chi connectivity index (χ2v) is 10.8. The van der Waals surface area contributed by atoms with E-state index in [0.717, 1.165) is 11.0 Å². The summed E-state index contributed by atoms with van der Waals surface area (Å²) in [5.74, 6) is -3.96. The van der Waals surface area contributed by atoms with Crippen molar-refractivity contribution in [3.05, 3.63) is 81.9 Å². The second kappa shape index (κ2) is 8.92. The van der Waals surface area contributed by atoms with E-state index in [4.69, 9.17) is 11.6 Å². The van der Waals surface area contributed by atoms with E-state index in [9.17, 15) is 19.1 Å². The first-order chi connectivity index (χ1) is 18.5. The standard InChI is InChI=1S/C27H23ClF3N5O3/c1-26(16-4-2-5-17(28)20(16)30)13-36(23-18(29)6-3-9-32-23)24(37)15-10-33-22(21(31)19(15)26)34-14-11-35(12-14)25(38)27(39)7-8-27/h2-6,9-10,14,39H,7-8,11-13H2,1H3,(H,33,34)/t26-/m1/s1. The van der Waals surface area contributed by atoms with Crippen molar-refractivity contribution >= 4 is 35.1 Å².